The summed E-state index contributed by atoms with van der Waals surface area (Å²) >= 11 is 0. The van der Waals surface area contributed by atoms with Gasteiger partial charge in [0.2, 0.25) is 0 Å². The van der Waals surface area contributed by atoms with Crippen LogP contribution in [0.25, 0.3) is 0 Å². The summed E-state index contributed by atoms with van der Waals surface area (Å²) in [5.74, 6) is -9.78. The molecule has 21 heavy (non-hydrogen) atoms. The van der Waals surface area contributed by atoms with Crippen LogP contribution in [0.4, 0.5) is 43.9 Å². The van der Waals surface area contributed by atoms with Gasteiger partial charge in [0, 0.05) is 26.1 Å². The third kappa shape index (κ3) is 6.70. The van der Waals surface area contributed by atoms with E-state index in [1.165, 1.54) is 0 Å². The van der Waals surface area contributed by atoms with E-state index in [-0.39, 0.29) is 0 Å². The van der Waals surface area contributed by atoms with Crippen LogP contribution in [0.15, 0.2) is 0 Å². The third-order valence-corrected chi connectivity index (χ3v) is 2.39. The first kappa shape index (κ1) is 20.3. The number of hydrogen-bond donors (Lipinski definition) is 0. The van der Waals surface area contributed by atoms with Gasteiger partial charge in [-0.15, -0.1) is 0 Å². The zero-order valence-electron chi connectivity index (χ0n) is 10.4. The Labute approximate surface area is 113 Å². The first-order valence-corrected chi connectivity index (χ1v) is 5.67. The summed E-state index contributed by atoms with van der Waals surface area (Å²) < 4.78 is 124. The molecule has 0 aliphatic carbocycles. The lowest BCUT2D eigenvalue weighted by Crippen LogP contribution is -2.36. The molecule has 0 aromatic heterocycles. The van der Waals surface area contributed by atoms with Crippen molar-refractivity contribution >= 4 is 0 Å². The quantitative estimate of drug-likeness (QED) is 0.449. The highest BCUT2D eigenvalue weighted by atomic mass is 19.4. The van der Waals surface area contributed by atoms with E-state index < -0.39 is 63.1 Å². The van der Waals surface area contributed by atoms with Gasteiger partial charge in [-0.05, 0) is 12.8 Å². The number of alkyl halides is 10. The summed E-state index contributed by atoms with van der Waals surface area (Å²) in [5, 5.41) is 0. The van der Waals surface area contributed by atoms with Crippen LogP contribution in [-0.2, 0) is 4.74 Å². The van der Waals surface area contributed by atoms with E-state index in [9.17, 15) is 43.9 Å². The monoisotopic (exact) mass is 338 g/mol. The van der Waals surface area contributed by atoms with Gasteiger partial charge in [-0.3, -0.25) is 0 Å². The number of rotatable bonds is 8. The molecule has 0 bridgehead atoms. The van der Waals surface area contributed by atoms with Crippen LogP contribution >= 0.6 is 0 Å². The largest absolute Gasteiger partial charge is 0.453 e. The van der Waals surface area contributed by atoms with Crippen molar-refractivity contribution in [3.63, 3.8) is 0 Å². The highest BCUT2D eigenvalue weighted by molar-refractivity contribution is 4.76. The van der Waals surface area contributed by atoms with Crippen molar-refractivity contribution in [1.29, 1.82) is 0 Å². The summed E-state index contributed by atoms with van der Waals surface area (Å²) in [5.41, 5.74) is 0. The van der Waals surface area contributed by atoms with Gasteiger partial charge >= 0.3 is 24.2 Å². The van der Waals surface area contributed by atoms with Crippen LogP contribution in [0, 0.1) is 0 Å². The van der Waals surface area contributed by atoms with Crippen molar-refractivity contribution in [2.45, 2.75) is 49.9 Å². The van der Waals surface area contributed by atoms with Crippen LogP contribution in [-0.4, -0.2) is 37.4 Å². The molecular weight excluding hydrogens is 326 g/mol. The van der Waals surface area contributed by atoms with Crippen LogP contribution in [0.3, 0.4) is 0 Å². The molecule has 0 fully saturated rings. The zero-order chi connectivity index (χ0) is 16.9. The Morgan fingerprint density at radius 1 is 0.524 bits per heavy atom. The molecule has 0 aliphatic heterocycles. The summed E-state index contributed by atoms with van der Waals surface area (Å²) in [6, 6.07) is 0. The molecule has 0 aromatic rings. The average Bonchev–Trinajstić information content (AvgIpc) is 2.24. The zero-order valence-corrected chi connectivity index (χ0v) is 10.4. The first-order chi connectivity index (χ1) is 9.21. The van der Waals surface area contributed by atoms with Crippen LogP contribution in [0.1, 0.15) is 25.7 Å². The molecule has 0 atom stereocenters. The Kier molecular flexibility index (Phi) is 6.77. The van der Waals surface area contributed by atoms with Crippen molar-refractivity contribution in [3.8, 4) is 0 Å². The van der Waals surface area contributed by atoms with Crippen molar-refractivity contribution < 1.29 is 48.6 Å². The van der Waals surface area contributed by atoms with Gasteiger partial charge in [0.15, 0.2) is 0 Å². The fourth-order valence-corrected chi connectivity index (χ4v) is 1.18. The standard InChI is InChI=1S/C10H12F10O/c11-7(12,9(15,16)17)3-1-5-21-6-2-4-8(13,14)10(18,19)20/h1-6H2. The minimum absolute atomic E-state index is 0.594. The molecule has 0 aromatic carbocycles. The number of halogens is 10. The van der Waals surface area contributed by atoms with Gasteiger partial charge in [-0.1, -0.05) is 0 Å². The van der Waals surface area contributed by atoms with Crippen LogP contribution < -0.4 is 0 Å². The fraction of sp³-hybridized carbons (Fsp3) is 1.00. The maximum atomic E-state index is 12.4. The SMILES string of the molecule is FC(F)(F)C(F)(F)CCCOCCCC(F)(F)C(F)(F)F. The lowest BCUT2D eigenvalue weighted by Gasteiger charge is -2.20. The first-order valence-electron chi connectivity index (χ1n) is 5.67. The molecule has 0 heterocycles. The smallest absolute Gasteiger partial charge is 0.381 e. The molecule has 0 radical (unpaired) electrons. The Hall–Kier alpha value is -0.740. The molecule has 0 rings (SSSR count). The van der Waals surface area contributed by atoms with Gasteiger partial charge in [0.25, 0.3) is 0 Å². The van der Waals surface area contributed by atoms with Gasteiger partial charge in [0.1, 0.15) is 0 Å². The molecule has 0 unspecified atom stereocenters. The maximum absolute atomic E-state index is 12.4. The van der Waals surface area contributed by atoms with Crippen LogP contribution in [0.2, 0.25) is 0 Å². The lowest BCUT2D eigenvalue weighted by atomic mass is 10.2. The molecule has 11 heteroatoms. The van der Waals surface area contributed by atoms with Crippen molar-refractivity contribution in [2.75, 3.05) is 13.2 Å². The third-order valence-electron chi connectivity index (χ3n) is 2.39. The molecule has 0 saturated carbocycles. The molecule has 0 saturated heterocycles. The Morgan fingerprint density at radius 2 is 0.810 bits per heavy atom. The summed E-state index contributed by atoms with van der Waals surface area (Å²) in [6.07, 6.45) is -15.9. The maximum Gasteiger partial charge on any atom is 0.453 e. The second kappa shape index (κ2) is 7.01. The molecule has 0 spiro atoms. The predicted molar refractivity (Wildman–Crippen MR) is 51.3 cm³/mol. The predicted octanol–water partition coefficient (Wildman–Crippen LogP) is 4.96. The van der Waals surface area contributed by atoms with Gasteiger partial charge in [0.05, 0.1) is 0 Å². The highest BCUT2D eigenvalue weighted by Gasteiger charge is 2.57. The van der Waals surface area contributed by atoms with E-state index in [0.717, 1.165) is 0 Å². The van der Waals surface area contributed by atoms with Crippen molar-refractivity contribution in [3.05, 3.63) is 0 Å². The second-order valence-corrected chi connectivity index (χ2v) is 4.22. The topological polar surface area (TPSA) is 9.23 Å². The molecule has 0 N–H and O–H groups in total. The minimum Gasteiger partial charge on any atom is -0.381 e. The van der Waals surface area contributed by atoms with Crippen molar-refractivity contribution in [1.82, 2.24) is 0 Å². The Morgan fingerprint density at radius 3 is 1.05 bits per heavy atom. The van der Waals surface area contributed by atoms with E-state index in [4.69, 9.17) is 0 Å². The van der Waals surface area contributed by atoms with E-state index >= 15 is 0 Å². The fourth-order valence-electron chi connectivity index (χ4n) is 1.18. The van der Waals surface area contributed by atoms with Gasteiger partial charge in [-0.25, -0.2) is 0 Å². The summed E-state index contributed by atoms with van der Waals surface area (Å²) in [7, 11) is 0. The van der Waals surface area contributed by atoms with E-state index in [1.807, 2.05) is 0 Å². The minimum atomic E-state index is -5.69. The van der Waals surface area contributed by atoms with Crippen LogP contribution in [0.5, 0.6) is 0 Å². The lowest BCUT2D eigenvalue weighted by molar-refractivity contribution is -0.285. The molecule has 0 aliphatic rings. The summed E-state index contributed by atoms with van der Waals surface area (Å²) in [6.45, 7) is -1.19. The molecule has 1 nitrogen and oxygen atoms in total. The van der Waals surface area contributed by atoms with Gasteiger partial charge < -0.3 is 4.74 Å². The molecule has 128 valence electrons. The second-order valence-electron chi connectivity index (χ2n) is 4.22. The van der Waals surface area contributed by atoms with E-state index in [2.05, 4.69) is 4.74 Å². The number of hydrogen-bond acceptors (Lipinski definition) is 1. The van der Waals surface area contributed by atoms with E-state index in [0.29, 0.717) is 0 Å². The van der Waals surface area contributed by atoms with Crippen molar-refractivity contribution in [2.24, 2.45) is 0 Å². The summed E-state index contributed by atoms with van der Waals surface area (Å²) in [4.78, 5) is 0. The normalized spacial score (nSPS) is 14.6. The van der Waals surface area contributed by atoms with E-state index in [1.54, 1.807) is 0 Å². The Balaban J connectivity index is 3.81. The Bertz CT molecular complexity index is 276. The number of ether oxygens (including phenoxy) is 1. The molecule has 0 amide bonds. The van der Waals surface area contributed by atoms with Gasteiger partial charge in [-0.2, -0.15) is 43.9 Å². The molecular formula is C10H12F10O. The highest BCUT2D eigenvalue weighted by Crippen LogP contribution is 2.39. The average molecular weight is 338 g/mol.